The van der Waals surface area contributed by atoms with Crippen LogP contribution in [-0.4, -0.2) is 31.9 Å². The second-order valence-corrected chi connectivity index (χ2v) is 6.23. The third-order valence-electron chi connectivity index (χ3n) is 3.27. The molecule has 0 aromatic heterocycles. The van der Waals surface area contributed by atoms with E-state index in [-0.39, 0.29) is 5.57 Å². The van der Waals surface area contributed by atoms with Gasteiger partial charge in [0.05, 0.1) is 14.2 Å². The van der Waals surface area contributed by atoms with Gasteiger partial charge < -0.3 is 9.47 Å². The number of ketones is 1. The van der Waals surface area contributed by atoms with Gasteiger partial charge in [-0.05, 0) is 17.1 Å². The average molecular weight is 342 g/mol. The van der Waals surface area contributed by atoms with Crippen LogP contribution in [0.4, 0.5) is 0 Å². The minimum atomic E-state index is -0.904. The van der Waals surface area contributed by atoms with Gasteiger partial charge in [-0.2, -0.15) is 0 Å². The third kappa shape index (κ3) is 5.90. The topological polar surface area (TPSA) is 69.7 Å². The summed E-state index contributed by atoms with van der Waals surface area (Å²) >= 11 is 0. The zero-order chi connectivity index (χ0) is 19.0. The van der Waals surface area contributed by atoms with Crippen LogP contribution in [0.15, 0.2) is 53.3 Å². The van der Waals surface area contributed by atoms with E-state index in [1.165, 1.54) is 0 Å². The maximum atomic E-state index is 12.9. The molecule has 1 aromatic carbocycles. The highest BCUT2D eigenvalue weighted by Gasteiger charge is 2.30. The number of benzene rings is 1. The molecule has 0 aliphatic heterocycles. The first-order valence-corrected chi connectivity index (χ1v) is 7.65. The van der Waals surface area contributed by atoms with Gasteiger partial charge in [-0.25, -0.2) is 9.59 Å². The number of allylic oxidation sites excluding steroid dienone is 1. The van der Waals surface area contributed by atoms with Crippen LogP contribution in [-0.2, 0) is 23.9 Å². The SMILES string of the molecule is COC(=O)C=C(C(=O)OC)C(=O)C(=C=Cc1ccccc1)C(C)(C)C. The van der Waals surface area contributed by atoms with Crippen LogP contribution in [0.1, 0.15) is 26.3 Å². The van der Waals surface area contributed by atoms with E-state index in [4.69, 9.17) is 0 Å². The third-order valence-corrected chi connectivity index (χ3v) is 3.27. The molecule has 5 heteroatoms. The maximum absolute atomic E-state index is 12.9. The van der Waals surface area contributed by atoms with Gasteiger partial charge >= 0.3 is 11.9 Å². The van der Waals surface area contributed by atoms with Crippen molar-refractivity contribution in [2.75, 3.05) is 14.2 Å². The lowest BCUT2D eigenvalue weighted by molar-refractivity contribution is -0.139. The summed E-state index contributed by atoms with van der Waals surface area (Å²) < 4.78 is 9.12. The molecule has 1 rings (SSSR count). The molecule has 132 valence electrons. The number of ether oxygens (including phenoxy) is 2. The highest BCUT2D eigenvalue weighted by atomic mass is 16.5. The Morgan fingerprint density at radius 3 is 2.08 bits per heavy atom. The van der Waals surface area contributed by atoms with E-state index in [0.717, 1.165) is 25.9 Å². The number of rotatable bonds is 5. The van der Waals surface area contributed by atoms with Gasteiger partial charge in [0.25, 0.3) is 0 Å². The number of carbonyl (C=O) groups excluding carboxylic acids is 3. The van der Waals surface area contributed by atoms with Crippen molar-refractivity contribution in [2.45, 2.75) is 20.8 Å². The van der Waals surface area contributed by atoms with Gasteiger partial charge in [0.1, 0.15) is 5.57 Å². The quantitative estimate of drug-likeness (QED) is 0.270. The predicted octanol–water partition coefficient (Wildman–Crippen LogP) is 3.11. The van der Waals surface area contributed by atoms with Gasteiger partial charge in [0.2, 0.25) is 5.78 Å². The molecule has 0 aliphatic carbocycles. The standard InChI is InChI=1S/C20H22O5/c1-20(2,3)16(12-11-14-9-7-6-8-10-14)18(22)15(19(23)25-5)13-17(21)24-4/h6-11,13H,1-5H3. The monoisotopic (exact) mass is 342 g/mol. The summed E-state index contributed by atoms with van der Waals surface area (Å²) in [6, 6.07) is 9.34. The Morgan fingerprint density at radius 2 is 1.60 bits per heavy atom. The molecule has 5 nitrogen and oxygen atoms in total. The first-order chi connectivity index (χ1) is 11.7. The smallest absolute Gasteiger partial charge is 0.342 e. The summed E-state index contributed by atoms with van der Waals surface area (Å²) in [5.41, 5.74) is 3.07. The molecule has 25 heavy (non-hydrogen) atoms. The fraction of sp³-hybridized carbons (Fsp3) is 0.300. The van der Waals surface area contributed by atoms with Crippen LogP contribution in [0.25, 0.3) is 6.08 Å². The normalized spacial score (nSPS) is 11.2. The van der Waals surface area contributed by atoms with Gasteiger partial charge in [0.15, 0.2) is 0 Å². The summed E-state index contributed by atoms with van der Waals surface area (Å²) in [7, 11) is 2.30. The molecule has 1 aromatic rings. The number of hydrogen-bond acceptors (Lipinski definition) is 5. The number of esters is 2. The van der Waals surface area contributed by atoms with E-state index in [1.54, 1.807) is 6.08 Å². The van der Waals surface area contributed by atoms with Gasteiger partial charge in [-0.3, -0.25) is 4.79 Å². The van der Waals surface area contributed by atoms with Gasteiger partial charge in [0, 0.05) is 11.6 Å². The Morgan fingerprint density at radius 1 is 1.00 bits per heavy atom. The van der Waals surface area contributed by atoms with Crippen molar-refractivity contribution >= 4 is 23.8 Å². The highest BCUT2D eigenvalue weighted by Crippen LogP contribution is 2.28. The van der Waals surface area contributed by atoms with Crippen LogP contribution >= 0.6 is 0 Å². The summed E-state index contributed by atoms with van der Waals surface area (Å²) in [4.78, 5) is 36.3. The molecule has 0 N–H and O–H groups in total. The molecule has 0 unspecified atom stereocenters. The highest BCUT2D eigenvalue weighted by molar-refractivity contribution is 6.26. The molecular weight excluding hydrogens is 320 g/mol. The van der Waals surface area contributed by atoms with E-state index in [2.05, 4.69) is 15.2 Å². The van der Waals surface area contributed by atoms with Crippen molar-refractivity contribution in [1.29, 1.82) is 0 Å². The maximum Gasteiger partial charge on any atom is 0.342 e. The molecule has 0 atom stereocenters. The van der Waals surface area contributed by atoms with Crippen LogP contribution in [0, 0.1) is 5.41 Å². The van der Waals surface area contributed by atoms with Crippen molar-refractivity contribution in [3.63, 3.8) is 0 Å². The number of Topliss-reactive ketones (excluding diaryl/α,β-unsaturated/α-hetero) is 1. The van der Waals surface area contributed by atoms with E-state index < -0.39 is 28.7 Å². The first-order valence-electron chi connectivity index (χ1n) is 7.65. The molecule has 0 aliphatic rings. The van der Waals surface area contributed by atoms with E-state index in [0.29, 0.717) is 0 Å². The Hall–Kier alpha value is -2.91. The lowest BCUT2D eigenvalue weighted by atomic mass is 9.82. The summed E-state index contributed by atoms with van der Waals surface area (Å²) in [6.45, 7) is 5.46. The molecule has 0 radical (unpaired) electrons. The van der Waals surface area contributed by atoms with E-state index in [9.17, 15) is 14.4 Å². The minimum absolute atomic E-state index is 0.247. The zero-order valence-electron chi connectivity index (χ0n) is 15.1. The van der Waals surface area contributed by atoms with E-state index in [1.807, 2.05) is 51.1 Å². The Bertz CT molecular complexity index is 742. The van der Waals surface area contributed by atoms with Crippen LogP contribution in [0.3, 0.4) is 0 Å². The van der Waals surface area contributed by atoms with Crippen LogP contribution < -0.4 is 0 Å². The lowest BCUT2D eigenvalue weighted by Crippen LogP contribution is -2.24. The fourth-order valence-electron chi connectivity index (χ4n) is 1.97. The first kappa shape index (κ1) is 20.1. The van der Waals surface area contributed by atoms with Crippen molar-refractivity contribution in [3.8, 4) is 0 Å². The predicted molar refractivity (Wildman–Crippen MR) is 94.5 cm³/mol. The molecule has 0 amide bonds. The van der Waals surface area contributed by atoms with E-state index >= 15 is 0 Å². The van der Waals surface area contributed by atoms with Crippen molar-refractivity contribution < 1.29 is 23.9 Å². The summed E-state index contributed by atoms with van der Waals surface area (Å²) in [5, 5.41) is 0. The Balaban J connectivity index is 3.46. The Kier molecular flexibility index (Phi) is 7.09. The lowest BCUT2D eigenvalue weighted by Gasteiger charge is -2.20. The largest absolute Gasteiger partial charge is 0.466 e. The summed E-state index contributed by atoms with van der Waals surface area (Å²) in [5.74, 6) is -2.34. The van der Waals surface area contributed by atoms with Crippen LogP contribution in [0.5, 0.6) is 0 Å². The number of hydrogen-bond donors (Lipinski definition) is 0. The van der Waals surface area contributed by atoms with Crippen molar-refractivity contribution in [1.82, 2.24) is 0 Å². The van der Waals surface area contributed by atoms with Crippen molar-refractivity contribution in [2.24, 2.45) is 5.41 Å². The molecule has 0 saturated heterocycles. The molecule has 0 spiro atoms. The molecule has 0 saturated carbocycles. The molecular formula is C20H22O5. The number of carbonyl (C=O) groups is 3. The number of methoxy groups -OCH3 is 2. The summed E-state index contributed by atoms with van der Waals surface area (Å²) in [6.07, 6.45) is 2.50. The zero-order valence-corrected chi connectivity index (χ0v) is 15.1. The minimum Gasteiger partial charge on any atom is -0.466 e. The van der Waals surface area contributed by atoms with Gasteiger partial charge in [-0.1, -0.05) is 51.1 Å². The second-order valence-electron chi connectivity index (χ2n) is 6.23. The average Bonchev–Trinajstić information content (AvgIpc) is 2.58. The van der Waals surface area contributed by atoms with Gasteiger partial charge in [-0.15, -0.1) is 5.73 Å². The van der Waals surface area contributed by atoms with Crippen molar-refractivity contribution in [3.05, 3.63) is 58.8 Å². The Labute approximate surface area is 147 Å². The molecule has 0 heterocycles. The second kappa shape index (κ2) is 8.81. The van der Waals surface area contributed by atoms with Crippen LogP contribution in [0.2, 0.25) is 0 Å². The fourth-order valence-corrected chi connectivity index (χ4v) is 1.97. The molecule has 0 bridgehead atoms. The molecule has 0 fully saturated rings.